The lowest BCUT2D eigenvalue weighted by molar-refractivity contribution is -0.129. The van der Waals surface area contributed by atoms with Gasteiger partial charge in [0.15, 0.2) is 5.60 Å². The van der Waals surface area contributed by atoms with Crippen molar-refractivity contribution in [2.24, 2.45) is 5.10 Å². The zero-order valence-electron chi connectivity index (χ0n) is 15.0. The number of nitrogens with two attached hydrogens (primary N) is 1. The Balaban J connectivity index is 1.68. The summed E-state index contributed by atoms with van der Waals surface area (Å²) in [5.41, 5.74) is 5.07. The number of hydrogen-bond acceptors (Lipinski definition) is 8. The molecule has 1 aliphatic rings. The minimum absolute atomic E-state index is 0.230. The van der Waals surface area contributed by atoms with Gasteiger partial charge in [0.1, 0.15) is 5.01 Å². The summed E-state index contributed by atoms with van der Waals surface area (Å²) in [6.45, 7) is 3.71. The predicted octanol–water partition coefficient (Wildman–Crippen LogP) is 0.956. The Morgan fingerprint density at radius 2 is 2.19 bits per heavy atom. The molecule has 2 heterocycles. The second-order valence-electron chi connectivity index (χ2n) is 6.11. The summed E-state index contributed by atoms with van der Waals surface area (Å²) in [7, 11) is 0. The molecule has 2 amide bonds. The first-order chi connectivity index (χ1) is 12.8. The van der Waals surface area contributed by atoms with Crippen molar-refractivity contribution in [1.82, 2.24) is 15.5 Å². The number of nitrogens with one attached hydrogen (secondary N) is 1. The highest BCUT2D eigenvalue weighted by molar-refractivity contribution is 7.15. The second-order valence-corrected chi connectivity index (χ2v) is 7.20. The largest absolute Gasteiger partial charge is 0.374 e. The third-order valence-corrected chi connectivity index (χ3v) is 5.18. The number of nitrogens with zero attached hydrogens (tertiary/aromatic N) is 4. The monoisotopic (exact) mass is 388 g/mol. The van der Waals surface area contributed by atoms with E-state index in [0.717, 1.165) is 10.0 Å². The molecule has 0 aliphatic carbocycles. The molecule has 2 aromatic rings. The lowest BCUT2D eigenvalue weighted by atomic mass is 9.95. The van der Waals surface area contributed by atoms with Gasteiger partial charge in [-0.2, -0.15) is 10.1 Å². The first-order valence-corrected chi connectivity index (χ1v) is 9.25. The molecule has 142 valence electrons. The lowest BCUT2D eigenvalue weighted by Gasteiger charge is -2.20. The van der Waals surface area contributed by atoms with Crippen molar-refractivity contribution in [2.45, 2.75) is 32.3 Å². The highest BCUT2D eigenvalue weighted by Crippen LogP contribution is 2.29. The van der Waals surface area contributed by atoms with Crippen LogP contribution in [0.5, 0.6) is 0 Å². The average molecular weight is 388 g/mol. The van der Waals surface area contributed by atoms with Gasteiger partial charge in [-0.15, -0.1) is 10.2 Å². The van der Waals surface area contributed by atoms with Crippen LogP contribution in [0.3, 0.4) is 0 Å². The van der Waals surface area contributed by atoms with Gasteiger partial charge in [0.05, 0.1) is 11.4 Å². The molecule has 0 radical (unpaired) electrons. The maximum atomic E-state index is 12.5. The van der Waals surface area contributed by atoms with Crippen LogP contribution >= 0.6 is 11.3 Å². The fraction of sp³-hybridized carbons (Fsp3) is 0.353. The summed E-state index contributed by atoms with van der Waals surface area (Å²) in [5.74, 6) is -0.804. The summed E-state index contributed by atoms with van der Waals surface area (Å²) in [6, 6.07) is 6.53. The molecular weight excluding hydrogens is 368 g/mol. The highest BCUT2D eigenvalue weighted by atomic mass is 32.1. The van der Waals surface area contributed by atoms with Gasteiger partial charge in [-0.25, -0.2) is 0 Å². The Morgan fingerprint density at radius 1 is 1.41 bits per heavy atom. The van der Waals surface area contributed by atoms with Crippen molar-refractivity contribution < 1.29 is 14.7 Å². The standard InChI is InChI=1S/C17H20N6O3S/c1-3-17(26)10(2)22-23(15(17)25)12-6-4-5-11(9-12)14(24)19-8-7-13-20-21-16(18)27-13/h4-6,9,26H,3,7-8H2,1-2H3,(H2,18,21)(H,19,24)/t17-/m0/s1. The molecule has 9 nitrogen and oxygen atoms in total. The molecule has 3 rings (SSSR count). The fourth-order valence-corrected chi connectivity index (χ4v) is 3.33. The number of carbonyl (C=O) groups excluding carboxylic acids is 2. The number of aromatic nitrogens is 2. The third kappa shape index (κ3) is 3.67. The van der Waals surface area contributed by atoms with Gasteiger partial charge < -0.3 is 16.2 Å². The van der Waals surface area contributed by atoms with Crippen LogP contribution < -0.4 is 16.1 Å². The van der Waals surface area contributed by atoms with E-state index in [0.29, 0.717) is 35.1 Å². The van der Waals surface area contributed by atoms with Crippen molar-refractivity contribution >= 4 is 39.7 Å². The highest BCUT2D eigenvalue weighted by Gasteiger charge is 2.46. The maximum Gasteiger partial charge on any atom is 0.285 e. The molecule has 1 aromatic carbocycles. The average Bonchev–Trinajstić information content (AvgIpc) is 3.18. The molecular formula is C17H20N6O3S. The molecule has 0 saturated carbocycles. The van der Waals surface area contributed by atoms with Crippen molar-refractivity contribution in [3.8, 4) is 0 Å². The summed E-state index contributed by atoms with van der Waals surface area (Å²) in [6.07, 6.45) is 0.756. The number of rotatable bonds is 6. The zero-order chi connectivity index (χ0) is 19.6. The van der Waals surface area contributed by atoms with Gasteiger partial charge >= 0.3 is 0 Å². The van der Waals surface area contributed by atoms with Gasteiger partial charge in [-0.1, -0.05) is 24.3 Å². The quantitative estimate of drug-likeness (QED) is 0.675. The van der Waals surface area contributed by atoms with E-state index >= 15 is 0 Å². The van der Waals surface area contributed by atoms with Crippen molar-refractivity contribution in [2.75, 3.05) is 17.3 Å². The topological polar surface area (TPSA) is 134 Å². The van der Waals surface area contributed by atoms with Crippen LogP contribution in [0.15, 0.2) is 29.4 Å². The van der Waals surface area contributed by atoms with E-state index < -0.39 is 11.5 Å². The van der Waals surface area contributed by atoms with Crippen LogP contribution in [0.1, 0.15) is 35.6 Å². The Hall–Kier alpha value is -2.85. The Bertz CT molecular complexity index is 912. The molecule has 4 N–H and O–H groups in total. The van der Waals surface area contributed by atoms with Gasteiger partial charge in [-0.3, -0.25) is 9.59 Å². The van der Waals surface area contributed by atoms with Crippen LogP contribution in [0.2, 0.25) is 0 Å². The summed E-state index contributed by atoms with van der Waals surface area (Å²) in [4.78, 5) is 24.9. The van der Waals surface area contributed by atoms with Crippen molar-refractivity contribution in [3.05, 3.63) is 34.8 Å². The minimum Gasteiger partial charge on any atom is -0.374 e. The first-order valence-electron chi connectivity index (χ1n) is 8.44. The Labute approximate surface area is 159 Å². The zero-order valence-corrected chi connectivity index (χ0v) is 15.8. The van der Waals surface area contributed by atoms with E-state index in [-0.39, 0.29) is 12.3 Å². The van der Waals surface area contributed by atoms with Crippen molar-refractivity contribution in [1.29, 1.82) is 0 Å². The molecule has 27 heavy (non-hydrogen) atoms. The normalized spacial score (nSPS) is 19.3. The van der Waals surface area contributed by atoms with Gasteiger partial charge in [0.2, 0.25) is 5.13 Å². The lowest BCUT2D eigenvalue weighted by Crippen LogP contribution is -2.45. The fourth-order valence-electron chi connectivity index (χ4n) is 2.72. The molecule has 0 fully saturated rings. The first kappa shape index (κ1) is 18.9. The molecule has 0 saturated heterocycles. The Morgan fingerprint density at radius 3 is 2.81 bits per heavy atom. The molecule has 1 aromatic heterocycles. The number of aliphatic hydroxyl groups is 1. The number of carbonyl (C=O) groups is 2. The number of benzene rings is 1. The maximum absolute atomic E-state index is 12.5. The van der Waals surface area contributed by atoms with E-state index in [1.807, 2.05) is 0 Å². The van der Waals surface area contributed by atoms with Crippen LogP contribution in [-0.2, 0) is 11.2 Å². The van der Waals surface area contributed by atoms with Crippen LogP contribution in [0.4, 0.5) is 10.8 Å². The molecule has 0 unspecified atom stereocenters. The van der Waals surface area contributed by atoms with Crippen LogP contribution in [-0.4, -0.2) is 45.0 Å². The van der Waals surface area contributed by atoms with E-state index in [4.69, 9.17) is 5.73 Å². The van der Waals surface area contributed by atoms with Gasteiger partial charge in [0, 0.05) is 18.5 Å². The van der Waals surface area contributed by atoms with Crippen LogP contribution in [0.25, 0.3) is 0 Å². The third-order valence-electron chi connectivity index (χ3n) is 4.37. The second kappa shape index (κ2) is 7.41. The Kier molecular flexibility index (Phi) is 5.19. The summed E-state index contributed by atoms with van der Waals surface area (Å²) >= 11 is 1.28. The number of hydrazone groups is 1. The number of hydrogen-bond donors (Lipinski definition) is 3. The minimum atomic E-state index is -1.60. The predicted molar refractivity (Wildman–Crippen MR) is 103 cm³/mol. The summed E-state index contributed by atoms with van der Waals surface area (Å²) in [5, 5.41) is 27.3. The molecule has 0 bridgehead atoms. The molecule has 1 atom stereocenters. The van der Waals surface area contributed by atoms with Gasteiger partial charge in [-0.05, 0) is 31.5 Å². The van der Waals surface area contributed by atoms with E-state index in [2.05, 4.69) is 20.6 Å². The number of nitrogen functional groups attached to an aromatic ring is 1. The summed E-state index contributed by atoms with van der Waals surface area (Å²) < 4.78 is 0. The van der Waals surface area contributed by atoms with Crippen LogP contribution in [0, 0.1) is 0 Å². The van der Waals surface area contributed by atoms with E-state index in [1.54, 1.807) is 38.1 Å². The van der Waals surface area contributed by atoms with Crippen molar-refractivity contribution in [3.63, 3.8) is 0 Å². The molecule has 0 spiro atoms. The molecule has 10 heteroatoms. The number of amides is 2. The smallest absolute Gasteiger partial charge is 0.285 e. The van der Waals surface area contributed by atoms with E-state index in [1.165, 1.54) is 11.3 Å². The number of anilines is 2. The van der Waals surface area contributed by atoms with E-state index in [9.17, 15) is 14.7 Å². The molecule has 1 aliphatic heterocycles. The van der Waals surface area contributed by atoms with Gasteiger partial charge in [0.25, 0.3) is 11.8 Å². The SMILES string of the molecule is CC[C@@]1(O)C(=O)N(c2cccc(C(=O)NCCc3nnc(N)s3)c2)N=C1C.